The van der Waals surface area contributed by atoms with Crippen LogP contribution in [-0.4, -0.2) is 35.8 Å². The summed E-state index contributed by atoms with van der Waals surface area (Å²) in [6.45, 7) is 4.28. The highest BCUT2D eigenvalue weighted by Crippen LogP contribution is 2.12. The molecule has 0 aliphatic heterocycles. The van der Waals surface area contributed by atoms with Crippen LogP contribution in [0.2, 0.25) is 0 Å². The Morgan fingerprint density at radius 2 is 2.00 bits per heavy atom. The molecule has 2 N–H and O–H groups in total. The van der Waals surface area contributed by atoms with Gasteiger partial charge in [0, 0.05) is 18.7 Å². The number of benzene rings is 1. The summed E-state index contributed by atoms with van der Waals surface area (Å²) in [4.78, 5) is 35.0. The minimum Gasteiger partial charge on any atom is -0.462 e. The number of carbonyl (C=O) groups excluding carboxylic acids is 3. The molecule has 24 heavy (non-hydrogen) atoms. The Bertz CT molecular complexity index is 577. The van der Waals surface area contributed by atoms with E-state index in [1.165, 1.54) is 0 Å². The number of esters is 1. The molecule has 6 nitrogen and oxygen atoms in total. The Labute approximate surface area is 150 Å². The van der Waals surface area contributed by atoms with Crippen molar-refractivity contribution in [3.8, 4) is 0 Å². The Morgan fingerprint density at radius 1 is 1.25 bits per heavy atom. The smallest absolute Gasteiger partial charge is 0.338 e. The summed E-state index contributed by atoms with van der Waals surface area (Å²) >= 11 is 3.30. The maximum atomic E-state index is 11.9. The molecule has 1 aromatic carbocycles. The summed E-state index contributed by atoms with van der Waals surface area (Å²) < 4.78 is 4.92. The second kappa shape index (κ2) is 10.8. The first-order chi connectivity index (χ1) is 11.5. The van der Waals surface area contributed by atoms with Crippen LogP contribution in [0.25, 0.3) is 0 Å². The molecular weight excluding hydrogens is 376 g/mol. The van der Waals surface area contributed by atoms with E-state index in [0.717, 1.165) is 12.8 Å². The molecule has 0 radical (unpaired) electrons. The molecule has 0 saturated carbocycles. The van der Waals surface area contributed by atoms with Gasteiger partial charge < -0.3 is 15.4 Å². The maximum Gasteiger partial charge on any atom is 0.338 e. The van der Waals surface area contributed by atoms with Crippen LogP contribution in [-0.2, 0) is 14.3 Å². The van der Waals surface area contributed by atoms with E-state index >= 15 is 0 Å². The monoisotopic (exact) mass is 398 g/mol. The van der Waals surface area contributed by atoms with Crippen molar-refractivity contribution < 1.29 is 19.1 Å². The van der Waals surface area contributed by atoms with E-state index in [1.807, 2.05) is 6.92 Å². The van der Waals surface area contributed by atoms with Crippen LogP contribution in [0, 0.1) is 0 Å². The topological polar surface area (TPSA) is 84.5 Å². The summed E-state index contributed by atoms with van der Waals surface area (Å²) in [6.07, 6.45) is 1.81. The number of alkyl halides is 1. The highest BCUT2D eigenvalue weighted by Gasteiger charge is 2.13. The molecule has 0 spiro atoms. The molecular formula is C17H23BrN2O4. The summed E-state index contributed by atoms with van der Waals surface area (Å²) in [5.74, 6) is -0.785. The third kappa shape index (κ3) is 7.12. The van der Waals surface area contributed by atoms with Gasteiger partial charge in [-0.25, -0.2) is 4.79 Å². The summed E-state index contributed by atoms with van der Waals surface area (Å²) in [7, 11) is 0. The predicted octanol–water partition coefficient (Wildman–Crippen LogP) is 2.87. The molecule has 0 aromatic heterocycles. The molecule has 1 rings (SSSR count). The molecule has 0 heterocycles. The summed E-state index contributed by atoms with van der Waals surface area (Å²) in [5, 5.41) is 5.41. The number of hydrogen-bond acceptors (Lipinski definition) is 4. The minimum absolute atomic E-state index is 0.117. The molecule has 132 valence electrons. The molecule has 1 aromatic rings. The van der Waals surface area contributed by atoms with Gasteiger partial charge >= 0.3 is 5.97 Å². The first kappa shape index (κ1) is 20.2. The van der Waals surface area contributed by atoms with Crippen LogP contribution >= 0.6 is 15.9 Å². The second-order valence-corrected chi connectivity index (χ2v) is 6.25. The van der Waals surface area contributed by atoms with Crippen molar-refractivity contribution in [1.82, 2.24) is 5.32 Å². The average Bonchev–Trinajstić information content (AvgIpc) is 2.55. The van der Waals surface area contributed by atoms with Crippen LogP contribution < -0.4 is 10.6 Å². The minimum atomic E-state index is -0.430. The van der Waals surface area contributed by atoms with Crippen molar-refractivity contribution in [3.63, 3.8) is 0 Å². The highest BCUT2D eigenvalue weighted by atomic mass is 79.9. The Hall–Kier alpha value is -1.89. The van der Waals surface area contributed by atoms with Crippen LogP contribution in [0.4, 0.5) is 5.69 Å². The fourth-order valence-corrected chi connectivity index (χ4v) is 2.58. The maximum absolute atomic E-state index is 11.9. The van der Waals surface area contributed by atoms with Crippen molar-refractivity contribution in [3.05, 3.63) is 29.8 Å². The van der Waals surface area contributed by atoms with Crippen LogP contribution in [0.1, 0.15) is 43.5 Å². The second-order valence-electron chi connectivity index (χ2n) is 5.15. The highest BCUT2D eigenvalue weighted by molar-refractivity contribution is 9.10. The number of hydrogen-bond donors (Lipinski definition) is 2. The molecule has 0 bridgehead atoms. The zero-order valence-electron chi connectivity index (χ0n) is 13.9. The van der Waals surface area contributed by atoms with E-state index in [9.17, 15) is 14.4 Å². The lowest BCUT2D eigenvalue weighted by molar-refractivity contribution is -0.120. The van der Waals surface area contributed by atoms with Gasteiger partial charge in [0.2, 0.25) is 11.8 Å². The van der Waals surface area contributed by atoms with Gasteiger partial charge in [-0.1, -0.05) is 35.3 Å². The molecule has 1 unspecified atom stereocenters. The largest absolute Gasteiger partial charge is 0.462 e. The molecule has 0 aliphatic rings. The van der Waals surface area contributed by atoms with Crippen molar-refractivity contribution >= 4 is 39.4 Å². The summed E-state index contributed by atoms with van der Waals surface area (Å²) in [6, 6.07) is 6.54. The first-order valence-electron chi connectivity index (χ1n) is 7.96. The molecule has 2 amide bonds. The lowest BCUT2D eigenvalue weighted by Gasteiger charge is -2.10. The fraction of sp³-hybridized carbons (Fsp3) is 0.471. The van der Waals surface area contributed by atoms with Gasteiger partial charge in [-0.2, -0.15) is 0 Å². The van der Waals surface area contributed by atoms with Crippen LogP contribution in [0.15, 0.2) is 24.3 Å². The average molecular weight is 399 g/mol. The number of anilines is 1. The molecule has 0 aliphatic carbocycles. The Balaban J connectivity index is 2.44. The number of rotatable bonds is 9. The van der Waals surface area contributed by atoms with Crippen LogP contribution in [0.3, 0.4) is 0 Å². The van der Waals surface area contributed by atoms with Gasteiger partial charge in [0.1, 0.15) is 0 Å². The van der Waals surface area contributed by atoms with Crippen molar-refractivity contribution in [2.45, 2.75) is 37.9 Å². The summed E-state index contributed by atoms with van der Waals surface area (Å²) in [5.41, 5.74) is 0.894. The van der Waals surface area contributed by atoms with Gasteiger partial charge in [-0.3, -0.25) is 9.59 Å². The van der Waals surface area contributed by atoms with Gasteiger partial charge in [0.05, 0.1) is 17.0 Å². The number of halogens is 1. The van der Waals surface area contributed by atoms with Gasteiger partial charge in [-0.15, -0.1) is 0 Å². The van der Waals surface area contributed by atoms with Gasteiger partial charge in [0.25, 0.3) is 0 Å². The number of nitrogens with one attached hydrogen (secondary N) is 2. The zero-order valence-corrected chi connectivity index (χ0v) is 15.5. The molecule has 7 heteroatoms. The van der Waals surface area contributed by atoms with Gasteiger partial charge in [0.15, 0.2) is 0 Å². The SMILES string of the molecule is CCCC(Br)C(=O)NCCC(=O)Nc1cccc(C(=O)OCC)c1. The number of ether oxygens (including phenoxy) is 1. The van der Waals surface area contributed by atoms with E-state index in [4.69, 9.17) is 4.74 Å². The lowest BCUT2D eigenvalue weighted by atomic mass is 10.2. The van der Waals surface area contributed by atoms with Crippen LogP contribution in [0.5, 0.6) is 0 Å². The van der Waals surface area contributed by atoms with E-state index < -0.39 is 5.97 Å². The number of carbonyl (C=O) groups is 3. The Kier molecular flexibility index (Phi) is 9.07. The van der Waals surface area contributed by atoms with E-state index in [2.05, 4.69) is 26.6 Å². The fourth-order valence-electron chi connectivity index (χ4n) is 1.96. The third-order valence-electron chi connectivity index (χ3n) is 3.14. The molecule has 0 saturated heterocycles. The van der Waals surface area contributed by atoms with Gasteiger partial charge in [-0.05, 0) is 31.5 Å². The standard InChI is InChI=1S/C17H23BrN2O4/c1-3-6-14(18)16(22)19-10-9-15(21)20-13-8-5-7-12(11-13)17(23)24-4-2/h5,7-8,11,14H,3-4,6,9-10H2,1-2H3,(H,19,22)(H,20,21). The number of amides is 2. The molecule has 1 atom stereocenters. The first-order valence-corrected chi connectivity index (χ1v) is 8.88. The predicted molar refractivity (Wildman–Crippen MR) is 96.3 cm³/mol. The lowest BCUT2D eigenvalue weighted by Crippen LogP contribution is -2.33. The van der Waals surface area contributed by atoms with Crippen molar-refractivity contribution in [2.75, 3.05) is 18.5 Å². The normalized spacial score (nSPS) is 11.5. The van der Waals surface area contributed by atoms with Crippen molar-refractivity contribution in [2.24, 2.45) is 0 Å². The zero-order chi connectivity index (χ0) is 17.9. The molecule has 0 fully saturated rings. The third-order valence-corrected chi connectivity index (χ3v) is 4.01. The quantitative estimate of drug-likeness (QED) is 0.494. The van der Waals surface area contributed by atoms with E-state index in [-0.39, 0.29) is 29.6 Å². The Morgan fingerprint density at radius 3 is 2.67 bits per heavy atom. The van der Waals surface area contributed by atoms with E-state index in [1.54, 1.807) is 31.2 Å². The van der Waals surface area contributed by atoms with Crippen molar-refractivity contribution in [1.29, 1.82) is 0 Å². The van der Waals surface area contributed by atoms with E-state index in [0.29, 0.717) is 17.9 Å².